The smallest absolute Gasteiger partial charge is 0.413 e. The van der Waals surface area contributed by atoms with Gasteiger partial charge in [-0.3, -0.25) is 14.7 Å². The third kappa shape index (κ3) is 6.14. The summed E-state index contributed by atoms with van der Waals surface area (Å²) in [5.74, 6) is -0.411. The topological polar surface area (TPSA) is 138 Å². The zero-order valence-electron chi connectivity index (χ0n) is 14.8. The highest BCUT2D eigenvalue weighted by Crippen LogP contribution is 2.19. The number of imidazole rings is 1. The number of fused-ring (bicyclic) bond motifs is 1. The van der Waals surface area contributed by atoms with E-state index in [0.29, 0.717) is 28.4 Å². The molecule has 2 aromatic carbocycles. The van der Waals surface area contributed by atoms with E-state index in [1.807, 2.05) is 0 Å². The van der Waals surface area contributed by atoms with Crippen LogP contribution in [0.15, 0.2) is 42.5 Å². The fourth-order valence-corrected chi connectivity index (χ4v) is 2.13. The predicted molar refractivity (Wildman–Crippen MR) is 99.4 cm³/mol. The van der Waals surface area contributed by atoms with E-state index in [1.165, 1.54) is 31.4 Å². The number of halogens is 1. The molecule has 0 radical (unpaired) electrons. The minimum absolute atomic E-state index is 0.221. The molecule has 28 heavy (non-hydrogen) atoms. The predicted octanol–water partition coefficient (Wildman–Crippen LogP) is 2.62. The molecule has 3 N–H and O–H groups in total. The van der Waals surface area contributed by atoms with Gasteiger partial charge >= 0.3 is 6.09 Å². The van der Waals surface area contributed by atoms with Gasteiger partial charge in [0.25, 0.3) is 10.1 Å². The zero-order chi connectivity index (χ0) is 20.9. The van der Waals surface area contributed by atoms with Crippen LogP contribution in [0.25, 0.3) is 11.0 Å². The Balaban J connectivity index is 0.000000500. The molecule has 148 valence electrons. The molecule has 0 saturated heterocycles. The average Bonchev–Trinajstić information content (AvgIpc) is 3.01. The quantitative estimate of drug-likeness (QED) is 0.446. The number of anilines is 1. The third-order valence-electron chi connectivity index (χ3n) is 3.26. The molecule has 0 fully saturated rings. The second-order valence-corrected chi connectivity index (χ2v) is 6.97. The Hall–Kier alpha value is -3.31. The van der Waals surface area contributed by atoms with Crippen LogP contribution in [0.2, 0.25) is 0 Å². The number of benzene rings is 2. The highest BCUT2D eigenvalue weighted by molar-refractivity contribution is 7.85. The summed E-state index contributed by atoms with van der Waals surface area (Å²) in [4.78, 5) is 30.6. The molecule has 0 bridgehead atoms. The Morgan fingerprint density at radius 1 is 1.14 bits per heavy atom. The van der Waals surface area contributed by atoms with Gasteiger partial charge in [0, 0.05) is 11.1 Å². The molecule has 11 heteroatoms. The zero-order valence-corrected chi connectivity index (χ0v) is 15.6. The van der Waals surface area contributed by atoms with Gasteiger partial charge in [0.15, 0.2) is 5.78 Å². The molecule has 0 spiro atoms. The van der Waals surface area contributed by atoms with E-state index in [4.69, 9.17) is 4.55 Å². The van der Waals surface area contributed by atoms with Crippen molar-refractivity contribution in [2.45, 2.75) is 0 Å². The van der Waals surface area contributed by atoms with Crippen molar-refractivity contribution in [2.24, 2.45) is 0 Å². The number of rotatable bonds is 3. The lowest BCUT2D eigenvalue weighted by Crippen LogP contribution is -2.11. The van der Waals surface area contributed by atoms with Crippen LogP contribution in [0.5, 0.6) is 0 Å². The van der Waals surface area contributed by atoms with Crippen LogP contribution in [-0.4, -0.2) is 48.2 Å². The number of carbonyl (C=O) groups is 2. The SMILES string of the molecule is COC(=O)Nc1nc2ccc(C(=O)c3ccc(F)cc3)cc2[nH]1.CS(=O)(=O)O. The molecule has 1 aromatic heterocycles. The summed E-state index contributed by atoms with van der Waals surface area (Å²) in [5.41, 5.74) is 1.99. The number of aromatic amines is 1. The molecule has 9 nitrogen and oxygen atoms in total. The van der Waals surface area contributed by atoms with Crippen LogP contribution in [0.3, 0.4) is 0 Å². The van der Waals surface area contributed by atoms with Crippen molar-refractivity contribution < 1.29 is 31.7 Å². The number of nitrogens with one attached hydrogen (secondary N) is 2. The van der Waals surface area contributed by atoms with Gasteiger partial charge in [-0.1, -0.05) is 0 Å². The van der Waals surface area contributed by atoms with Crippen molar-refractivity contribution in [1.82, 2.24) is 9.97 Å². The van der Waals surface area contributed by atoms with E-state index in [-0.39, 0.29) is 11.7 Å². The molecule has 0 atom stereocenters. The number of H-pyrrole nitrogens is 1. The molecular weight excluding hydrogens is 393 g/mol. The van der Waals surface area contributed by atoms with Gasteiger partial charge in [0.05, 0.1) is 24.4 Å². The third-order valence-corrected chi connectivity index (χ3v) is 3.26. The Bertz CT molecular complexity index is 1100. The average molecular weight is 409 g/mol. The molecule has 0 aliphatic rings. The maximum atomic E-state index is 12.9. The Kier molecular flexibility index (Phi) is 6.44. The van der Waals surface area contributed by atoms with Crippen LogP contribution >= 0.6 is 0 Å². The lowest BCUT2D eigenvalue weighted by atomic mass is 10.0. The molecule has 3 aromatic rings. The van der Waals surface area contributed by atoms with Gasteiger partial charge in [0.2, 0.25) is 5.95 Å². The van der Waals surface area contributed by atoms with Gasteiger partial charge in [-0.25, -0.2) is 14.2 Å². The van der Waals surface area contributed by atoms with Crippen molar-refractivity contribution in [1.29, 1.82) is 0 Å². The van der Waals surface area contributed by atoms with E-state index in [2.05, 4.69) is 20.0 Å². The molecular formula is C17H16FN3O6S. The molecule has 1 heterocycles. The van der Waals surface area contributed by atoms with Crippen LogP contribution in [0, 0.1) is 5.82 Å². The van der Waals surface area contributed by atoms with Crippen LogP contribution < -0.4 is 5.32 Å². The highest BCUT2D eigenvalue weighted by Gasteiger charge is 2.12. The van der Waals surface area contributed by atoms with E-state index < -0.39 is 22.0 Å². The highest BCUT2D eigenvalue weighted by atomic mass is 32.2. The van der Waals surface area contributed by atoms with Crippen molar-refractivity contribution >= 4 is 39.0 Å². The molecule has 3 rings (SSSR count). The van der Waals surface area contributed by atoms with E-state index >= 15 is 0 Å². The molecule has 0 unspecified atom stereocenters. The Morgan fingerprint density at radius 2 is 1.71 bits per heavy atom. The second kappa shape index (κ2) is 8.59. The van der Waals surface area contributed by atoms with Gasteiger partial charge < -0.3 is 9.72 Å². The van der Waals surface area contributed by atoms with Crippen molar-refractivity contribution in [2.75, 3.05) is 18.7 Å². The maximum Gasteiger partial charge on any atom is 0.413 e. The summed E-state index contributed by atoms with van der Waals surface area (Å²) < 4.78 is 43.3. The molecule has 1 amide bonds. The van der Waals surface area contributed by atoms with Gasteiger partial charge in [-0.05, 0) is 42.5 Å². The van der Waals surface area contributed by atoms with Crippen molar-refractivity contribution in [3.8, 4) is 0 Å². The first kappa shape index (κ1) is 21.0. The monoisotopic (exact) mass is 409 g/mol. The summed E-state index contributed by atoms with van der Waals surface area (Å²) in [5, 5.41) is 2.41. The van der Waals surface area contributed by atoms with Crippen LogP contribution in [0.4, 0.5) is 15.1 Å². The lowest BCUT2D eigenvalue weighted by Gasteiger charge is -2.01. The number of nitrogens with zero attached hydrogens (tertiary/aromatic N) is 1. The number of ketones is 1. The number of aromatic nitrogens is 2. The number of methoxy groups -OCH3 is 1. The summed E-state index contributed by atoms with van der Waals surface area (Å²) in [7, 11) is -2.42. The number of hydrogen-bond acceptors (Lipinski definition) is 6. The first-order valence-electron chi connectivity index (χ1n) is 7.64. The first-order chi connectivity index (χ1) is 13.1. The van der Waals surface area contributed by atoms with Crippen molar-refractivity contribution in [3.05, 3.63) is 59.4 Å². The van der Waals surface area contributed by atoms with E-state index in [0.717, 1.165) is 0 Å². The minimum Gasteiger partial charge on any atom is -0.453 e. The Labute approximate surface area is 159 Å². The lowest BCUT2D eigenvalue weighted by molar-refractivity contribution is 0.103. The second-order valence-electron chi connectivity index (χ2n) is 5.50. The van der Waals surface area contributed by atoms with Gasteiger partial charge in [-0.15, -0.1) is 0 Å². The van der Waals surface area contributed by atoms with Crippen LogP contribution in [0.1, 0.15) is 15.9 Å². The standard InChI is InChI=1S/C16H12FN3O3.CH4O3S/c1-23-16(22)20-15-18-12-7-4-10(8-13(12)19-15)14(21)9-2-5-11(17)6-3-9;1-5(2,3)4/h2-8H,1H3,(H2,18,19,20,22);1H3,(H,2,3,4). The number of carbonyl (C=O) groups excluding carboxylic acids is 2. The minimum atomic E-state index is -3.67. The first-order valence-corrected chi connectivity index (χ1v) is 9.49. The number of hydrogen-bond donors (Lipinski definition) is 3. The Morgan fingerprint density at radius 3 is 2.29 bits per heavy atom. The number of ether oxygens (including phenoxy) is 1. The van der Waals surface area contributed by atoms with E-state index in [1.54, 1.807) is 18.2 Å². The largest absolute Gasteiger partial charge is 0.453 e. The normalized spacial score (nSPS) is 10.7. The fourth-order valence-electron chi connectivity index (χ4n) is 2.13. The van der Waals surface area contributed by atoms with Gasteiger partial charge in [0.1, 0.15) is 5.82 Å². The summed E-state index contributed by atoms with van der Waals surface area (Å²) in [6, 6.07) is 10.2. The van der Waals surface area contributed by atoms with Crippen molar-refractivity contribution in [3.63, 3.8) is 0 Å². The van der Waals surface area contributed by atoms with Gasteiger partial charge in [-0.2, -0.15) is 8.42 Å². The maximum absolute atomic E-state index is 12.9. The molecule has 0 aliphatic carbocycles. The molecule has 0 aliphatic heterocycles. The summed E-state index contributed by atoms with van der Waals surface area (Å²) in [6.07, 6.45) is 0.0687. The van der Waals surface area contributed by atoms with Crippen LogP contribution in [-0.2, 0) is 14.9 Å². The summed E-state index contributed by atoms with van der Waals surface area (Å²) in [6.45, 7) is 0. The van der Waals surface area contributed by atoms with E-state index in [9.17, 15) is 22.4 Å². The number of amides is 1. The fraction of sp³-hybridized carbons (Fsp3) is 0.118. The molecule has 0 saturated carbocycles. The summed E-state index contributed by atoms with van der Waals surface area (Å²) >= 11 is 0.